The summed E-state index contributed by atoms with van der Waals surface area (Å²) in [5, 5.41) is 4.89. The number of carbonyl (C=O) groups is 1. The third-order valence-electron chi connectivity index (χ3n) is 4.54. The molecule has 0 aliphatic rings. The first kappa shape index (κ1) is 22.4. The Morgan fingerprint density at radius 1 is 0.968 bits per heavy atom. The fourth-order valence-electron chi connectivity index (χ4n) is 3.12. The molecule has 0 saturated carbocycles. The van der Waals surface area contributed by atoms with Crippen LogP contribution in [0.3, 0.4) is 0 Å². The Bertz CT molecular complexity index is 1150. The van der Waals surface area contributed by atoms with Gasteiger partial charge in [0.2, 0.25) is 15.9 Å². The summed E-state index contributed by atoms with van der Waals surface area (Å²) >= 11 is 0. The summed E-state index contributed by atoms with van der Waals surface area (Å²) in [6.07, 6.45) is 1.06. The molecule has 1 N–H and O–H groups in total. The van der Waals surface area contributed by atoms with E-state index in [4.69, 9.17) is 9.47 Å². The maximum atomic E-state index is 12.4. The van der Waals surface area contributed by atoms with Crippen molar-refractivity contribution in [2.75, 3.05) is 36.9 Å². The highest BCUT2D eigenvalue weighted by atomic mass is 32.2. The van der Waals surface area contributed by atoms with E-state index >= 15 is 0 Å². The third kappa shape index (κ3) is 6.11. The number of nitrogens with one attached hydrogen (secondary N) is 1. The number of nitrogens with zero attached hydrogens (tertiary/aromatic N) is 1. The van der Waals surface area contributed by atoms with Crippen LogP contribution >= 0.6 is 0 Å². The topological polar surface area (TPSA) is 84.9 Å². The first-order valence-electron chi connectivity index (χ1n) is 9.96. The molecule has 1 amide bonds. The van der Waals surface area contributed by atoms with Crippen LogP contribution in [0.1, 0.15) is 6.92 Å². The van der Waals surface area contributed by atoms with Gasteiger partial charge >= 0.3 is 0 Å². The zero-order chi connectivity index (χ0) is 22.3. The molecule has 3 aromatic carbocycles. The SMILES string of the molecule is CCOc1ccccc1N(CC(=O)NCCOc1ccc2ccccc2c1)S(C)(=O)=O. The van der Waals surface area contributed by atoms with E-state index in [0.717, 1.165) is 21.3 Å². The zero-order valence-electron chi connectivity index (χ0n) is 17.6. The number of carbonyl (C=O) groups excluding carboxylic acids is 1. The molecule has 0 radical (unpaired) electrons. The van der Waals surface area contributed by atoms with Gasteiger partial charge in [-0.25, -0.2) is 8.42 Å². The molecule has 0 saturated heterocycles. The normalized spacial score (nSPS) is 11.2. The number of anilines is 1. The van der Waals surface area contributed by atoms with Crippen LogP contribution in [0.4, 0.5) is 5.69 Å². The van der Waals surface area contributed by atoms with E-state index in [1.165, 1.54) is 0 Å². The van der Waals surface area contributed by atoms with Gasteiger partial charge in [0.05, 0.1) is 25.1 Å². The molecular weight excluding hydrogens is 416 g/mol. The van der Waals surface area contributed by atoms with Crippen LogP contribution in [-0.4, -0.2) is 46.9 Å². The minimum Gasteiger partial charge on any atom is -0.492 e. The van der Waals surface area contributed by atoms with Crippen LogP contribution in [0, 0.1) is 0 Å². The Balaban J connectivity index is 1.57. The summed E-state index contributed by atoms with van der Waals surface area (Å²) in [4.78, 5) is 12.4. The molecule has 0 atom stereocenters. The van der Waals surface area contributed by atoms with Crippen LogP contribution in [-0.2, 0) is 14.8 Å². The summed E-state index contributed by atoms with van der Waals surface area (Å²) in [7, 11) is -3.69. The number of para-hydroxylation sites is 2. The molecule has 7 nitrogen and oxygen atoms in total. The van der Waals surface area contributed by atoms with Gasteiger partial charge in [-0.2, -0.15) is 0 Å². The maximum Gasteiger partial charge on any atom is 0.240 e. The number of benzene rings is 3. The summed E-state index contributed by atoms with van der Waals surface area (Å²) in [6, 6.07) is 20.5. The number of ether oxygens (including phenoxy) is 2. The van der Waals surface area contributed by atoms with Crippen molar-refractivity contribution < 1.29 is 22.7 Å². The highest BCUT2D eigenvalue weighted by Crippen LogP contribution is 2.29. The number of hydrogen-bond donors (Lipinski definition) is 1. The van der Waals surface area contributed by atoms with Crippen LogP contribution in [0.2, 0.25) is 0 Å². The van der Waals surface area contributed by atoms with Crippen molar-refractivity contribution in [2.24, 2.45) is 0 Å². The van der Waals surface area contributed by atoms with Crippen molar-refractivity contribution in [3.63, 3.8) is 0 Å². The van der Waals surface area contributed by atoms with E-state index in [1.807, 2.05) is 49.4 Å². The fraction of sp³-hybridized carbons (Fsp3) is 0.261. The molecule has 0 unspecified atom stereocenters. The van der Waals surface area contributed by atoms with Crippen LogP contribution in [0.5, 0.6) is 11.5 Å². The molecule has 164 valence electrons. The van der Waals surface area contributed by atoms with Gasteiger partial charge in [-0.3, -0.25) is 9.10 Å². The van der Waals surface area contributed by atoms with E-state index < -0.39 is 15.9 Å². The van der Waals surface area contributed by atoms with Crippen molar-refractivity contribution >= 4 is 32.4 Å². The van der Waals surface area contributed by atoms with Gasteiger partial charge in [0, 0.05) is 0 Å². The van der Waals surface area contributed by atoms with Crippen molar-refractivity contribution in [1.29, 1.82) is 0 Å². The summed E-state index contributed by atoms with van der Waals surface area (Å²) < 4.78 is 36.9. The number of sulfonamides is 1. The molecule has 0 spiro atoms. The van der Waals surface area contributed by atoms with Crippen LogP contribution < -0.4 is 19.1 Å². The lowest BCUT2D eigenvalue weighted by molar-refractivity contribution is -0.119. The summed E-state index contributed by atoms with van der Waals surface area (Å²) in [6.45, 7) is 2.35. The second-order valence-electron chi connectivity index (χ2n) is 6.88. The predicted octanol–water partition coefficient (Wildman–Crippen LogP) is 3.20. The van der Waals surface area contributed by atoms with Crippen molar-refractivity contribution in [2.45, 2.75) is 6.92 Å². The second kappa shape index (κ2) is 10.2. The lowest BCUT2D eigenvalue weighted by Gasteiger charge is -2.24. The highest BCUT2D eigenvalue weighted by molar-refractivity contribution is 7.92. The lowest BCUT2D eigenvalue weighted by atomic mass is 10.1. The second-order valence-corrected chi connectivity index (χ2v) is 8.78. The Morgan fingerprint density at radius 3 is 2.42 bits per heavy atom. The van der Waals surface area contributed by atoms with E-state index in [2.05, 4.69) is 5.32 Å². The number of hydrogen-bond acceptors (Lipinski definition) is 5. The Morgan fingerprint density at radius 2 is 1.68 bits per heavy atom. The lowest BCUT2D eigenvalue weighted by Crippen LogP contribution is -2.41. The zero-order valence-corrected chi connectivity index (χ0v) is 18.4. The summed E-state index contributed by atoms with van der Waals surface area (Å²) in [5.74, 6) is 0.679. The molecule has 0 aliphatic heterocycles. The average molecular weight is 443 g/mol. The molecule has 0 aliphatic carbocycles. The first-order chi connectivity index (χ1) is 14.9. The first-order valence-corrected chi connectivity index (χ1v) is 11.8. The van der Waals surface area contributed by atoms with Crippen LogP contribution in [0.25, 0.3) is 10.8 Å². The van der Waals surface area contributed by atoms with E-state index in [1.54, 1.807) is 24.3 Å². The maximum absolute atomic E-state index is 12.4. The molecular formula is C23H26N2O5S. The van der Waals surface area contributed by atoms with Gasteiger partial charge in [0.25, 0.3) is 0 Å². The molecule has 0 bridgehead atoms. The molecule has 31 heavy (non-hydrogen) atoms. The van der Waals surface area contributed by atoms with Gasteiger partial charge in [0.15, 0.2) is 0 Å². The van der Waals surface area contributed by atoms with E-state index in [0.29, 0.717) is 23.8 Å². The number of rotatable bonds is 10. The Labute approximate surface area is 182 Å². The smallest absolute Gasteiger partial charge is 0.240 e. The largest absolute Gasteiger partial charge is 0.492 e. The monoisotopic (exact) mass is 442 g/mol. The molecule has 0 heterocycles. The molecule has 3 aromatic rings. The summed E-state index contributed by atoms with van der Waals surface area (Å²) in [5.41, 5.74) is 0.328. The van der Waals surface area contributed by atoms with Gasteiger partial charge in [-0.05, 0) is 42.0 Å². The van der Waals surface area contributed by atoms with Gasteiger partial charge in [-0.1, -0.05) is 42.5 Å². The Kier molecular flexibility index (Phi) is 7.36. The third-order valence-corrected chi connectivity index (χ3v) is 5.66. The van der Waals surface area contributed by atoms with Crippen molar-refractivity contribution in [3.8, 4) is 11.5 Å². The quantitative estimate of drug-likeness (QED) is 0.488. The number of fused-ring (bicyclic) bond motifs is 1. The van der Waals surface area contributed by atoms with Gasteiger partial charge in [-0.15, -0.1) is 0 Å². The van der Waals surface area contributed by atoms with E-state index in [-0.39, 0.29) is 19.7 Å². The standard InChI is InChI=1S/C23H26N2O5S/c1-3-29-22-11-7-6-10-21(22)25(31(2,27)28)17-23(26)24-14-15-30-20-13-12-18-8-4-5-9-19(18)16-20/h4-13,16H,3,14-15,17H2,1-2H3,(H,24,26). The van der Waals surface area contributed by atoms with Crippen molar-refractivity contribution in [3.05, 3.63) is 66.7 Å². The average Bonchev–Trinajstić information content (AvgIpc) is 2.75. The van der Waals surface area contributed by atoms with Crippen molar-refractivity contribution in [1.82, 2.24) is 5.32 Å². The fourth-order valence-corrected chi connectivity index (χ4v) is 3.98. The minimum atomic E-state index is -3.69. The Hall–Kier alpha value is -3.26. The predicted molar refractivity (Wildman–Crippen MR) is 122 cm³/mol. The molecule has 0 fully saturated rings. The molecule has 8 heteroatoms. The van der Waals surface area contributed by atoms with Gasteiger partial charge < -0.3 is 14.8 Å². The minimum absolute atomic E-state index is 0.246. The number of amides is 1. The van der Waals surface area contributed by atoms with Crippen LogP contribution in [0.15, 0.2) is 66.7 Å². The van der Waals surface area contributed by atoms with E-state index in [9.17, 15) is 13.2 Å². The highest BCUT2D eigenvalue weighted by Gasteiger charge is 2.23. The molecule has 0 aromatic heterocycles. The molecule has 3 rings (SSSR count). The van der Waals surface area contributed by atoms with Gasteiger partial charge in [0.1, 0.15) is 24.7 Å².